The number of rotatable bonds is 5. The number of carboxylic acid groups (broad SMARTS) is 1. The lowest BCUT2D eigenvalue weighted by Crippen LogP contribution is -2.26. The monoisotopic (exact) mass is 456 g/mol. The van der Waals surface area contributed by atoms with E-state index in [1.807, 2.05) is 0 Å². The highest BCUT2D eigenvalue weighted by Crippen LogP contribution is 2.36. The molecule has 28 heavy (non-hydrogen) atoms. The number of carbonyl (C=O) groups excluding carboxylic acids is 1. The molecule has 0 saturated carbocycles. The van der Waals surface area contributed by atoms with Crippen LogP contribution in [-0.2, 0) is 0 Å². The summed E-state index contributed by atoms with van der Waals surface area (Å²) in [5.74, 6) is -1.38. The van der Waals surface area contributed by atoms with E-state index in [1.165, 1.54) is 35.6 Å². The van der Waals surface area contributed by atoms with Gasteiger partial charge in [-0.1, -0.05) is 34.8 Å². The van der Waals surface area contributed by atoms with Crippen LogP contribution in [0.25, 0.3) is 0 Å². The van der Waals surface area contributed by atoms with Crippen LogP contribution in [0.2, 0.25) is 15.1 Å². The minimum atomic E-state index is -1.20. The van der Waals surface area contributed by atoms with E-state index in [0.29, 0.717) is 21.5 Å². The number of halogens is 3. The molecule has 0 unspecified atom stereocenters. The van der Waals surface area contributed by atoms with E-state index in [1.54, 1.807) is 18.2 Å². The maximum atomic E-state index is 13.3. The molecule has 1 N–H and O–H groups in total. The second kappa shape index (κ2) is 8.36. The van der Waals surface area contributed by atoms with Crippen LogP contribution in [0.4, 0.5) is 10.8 Å². The standard InChI is InChI=1S/C18H11Cl3N2O4S/c1-27-15-7-10(3-5-12(15)20)23(18-22-14(8-28-18)17(25)26)16(24)11-4-2-9(19)6-13(11)21/h2-8H,1H3,(H,25,26). The summed E-state index contributed by atoms with van der Waals surface area (Å²) >= 11 is 19.2. The molecule has 0 bridgehead atoms. The van der Waals surface area contributed by atoms with Gasteiger partial charge in [-0.25, -0.2) is 9.78 Å². The van der Waals surface area contributed by atoms with Crippen LogP contribution in [0.5, 0.6) is 5.75 Å². The van der Waals surface area contributed by atoms with E-state index in [2.05, 4.69) is 4.98 Å². The molecule has 0 radical (unpaired) electrons. The molecule has 0 saturated heterocycles. The summed E-state index contributed by atoms with van der Waals surface area (Å²) in [5, 5.41) is 11.5. The number of amides is 1. The molecule has 2 aromatic carbocycles. The molecule has 6 nitrogen and oxygen atoms in total. The molecule has 3 aromatic rings. The average molecular weight is 458 g/mol. The first-order valence-electron chi connectivity index (χ1n) is 7.63. The average Bonchev–Trinajstić information content (AvgIpc) is 3.13. The number of aromatic nitrogens is 1. The Morgan fingerprint density at radius 3 is 2.46 bits per heavy atom. The van der Waals surface area contributed by atoms with Crippen molar-refractivity contribution >= 4 is 68.8 Å². The third kappa shape index (κ3) is 4.07. The van der Waals surface area contributed by atoms with E-state index in [9.17, 15) is 9.59 Å². The molecule has 0 aliphatic rings. The van der Waals surface area contributed by atoms with Crippen molar-refractivity contribution in [2.75, 3.05) is 12.0 Å². The number of methoxy groups -OCH3 is 1. The fourth-order valence-electron chi connectivity index (χ4n) is 2.35. The number of thiazole rings is 1. The van der Waals surface area contributed by atoms with Gasteiger partial charge in [0, 0.05) is 16.5 Å². The normalized spacial score (nSPS) is 10.6. The van der Waals surface area contributed by atoms with Gasteiger partial charge in [-0.2, -0.15) is 0 Å². The molecule has 1 aromatic heterocycles. The Balaban J connectivity index is 2.16. The fourth-order valence-corrected chi connectivity index (χ4v) is 3.85. The minimum absolute atomic E-state index is 0.151. The van der Waals surface area contributed by atoms with E-state index >= 15 is 0 Å². The van der Waals surface area contributed by atoms with Gasteiger partial charge in [0.1, 0.15) is 5.75 Å². The highest BCUT2D eigenvalue weighted by Gasteiger charge is 2.26. The molecule has 0 spiro atoms. The molecule has 10 heteroatoms. The van der Waals surface area contributed by atoms with E-state index in [0.717, 1.165) is 11.3 Å². The number of nitrogens with zero attached hydrogens (tertiary/aromatic N) is 2. The van der Waals surface area contributed by atoms with Crippen molar-refractivity contribution in [1.29, 1.82) is 0 Å². The first-order chi connectivity index (χ1) is 13.3. The molecule has 144 valence electrons. The Bertz CT molecular complexity index is 1070. The number of benzene rings is 2. The molecule has 0 aliphatic heterocycles. The number of carbonyl (C=O) groups is 2. The quantitative estimate of drug-likeness (QED) is 0.524. The number of hydrogen-bond donors (Lipinski definition) is 1. The van der Waals surface area contributed by atoms with E-state index in [4.69, 9.17) is 44.6 Å². The van der Waals surface area contributed by atoms with E-state index < -0.39 is 11.9 Å². The van der Waals surface area contributed by atoms with E-state index in [-0.39, 0.29) is 21.4 Å². The van der Waals surface area contributed by atoms with Gasteiger partial charge in [0.15, 0.2) is 10.8 Å². The molecule has 0 aliphatic carbocycles. The van der Waals surface area contributed by atoms with Crippen molar-refractivity contribution in [2.45, 2.75) is 0 Å². The number of carboxylic acids is 1. The van der Waals surface area contributed by atoms with Gasteiger partial charge in [-0.15, -0.1) is 11.3 Å². The molecule has 3 rings (SSSR count). The Hall–Kier alpha value is -2.32. The molecular formula is C18H11Cl3N2O4S. The highest BCUT2D eigenvalue weighted by molar-refractivity contribution is 7.14. The van der Waals surface area contributed by atoms with Crippen molar-refractivity contribution in [1.82, 2.24) is 4.98 Å². The maximum Gasteiger partial charge on any atom is 0.355 e. The van der Waals surface area contributed by atoms with Crippen LogP contribution in [-0.4, -0.2) is 29.1 Å². The molecule has 0 atom stereocenters. The SMILES string of the molecule is COc1cc(N(C(=O)c2ccc(Cl)cc2Cl)c2nc(C(=O)O)cs2)ccc1Cl. The van der Waals surface area contributed by atoms with Gasteiger partial charge in [0.25, 0.3) is 5.91 Å². The zero-order valence-corrected chi connectivity index (χ0v) is 17.2. The highest BCUT2D eigenvalue weighted by atomic mass is 35.5. The molecular weight excluding hydrogens is 447 g/mol. The summed E-state index contributed by atoms with van der Waals surface area (Å²) in [6.45, 7) is 0. The number of anilines is 2. The van der Waals surface area contributed by atoms with Crippen molar-refractivity contribution in [3.63, 3.8) is 0 Å². The Morgan fingerprint density at radius 1 is 1.11 bits per heavy atom. The molecule has 1 amide bonds. The Morgan fingerprint density at radius 2 is 1.86 bits per heavy atom. The summed E-state index contributed by atoms with van der Waals surface area (Å²) < 4.78 is 5.22. The minimum Gasteiger partial charge on any atom is -0.495 e. The predicted molar refractivity (Wildman–Crippen MR) is 110 cm³/mol. The number of ether oxygens (including phenoxy) is 1. The largest absolute Gasteiger partial charge is 0.495 e. The number of aromatic carboxylic acids is 1. The van der Waals surface area contributed by atoms with Crippen LogP contribution < -0.4 is 9.64 Å². The third-order valence-corrected chi connectivity index (χ3v) is 5.35. The summed E-state index contributed by atoms with van der Waals surface area (Å²) in [5.41, 5.74) is 0.372. The van der Waals surface area contributed by atoms with Crippen LogP contribution in [0.1, 0.15) is 20.8 Å². The Kier molecular flexibility index (Phi) is 6.10. The lowest BCUT2D eigenvalue weighted by Gasteiger charge is -2.21. The second-order valence-corrected chi connectivity index (χ2v) is 7.49. The lowest BCUT2D eigenvalue weighted by molar-refractivity contribution is 0.0691. The zero-order chi connectivity index (χ0) is 20.4. The number of hydrogen-bond acceptors (Lipinski definition) is 5. The van der Waals surface area contributed by atoms with Gasteiger partial charge < -0.3 is 9.84 Å². The van der Waals surface area contributed by atoms with Crippen LogP contribution in [0.3, 0.4) is 0 Å². The predicted octanol–water partition coefficient (Wildman–Crippen LogP) is 5.79. The van der Waals surface area contributed by atoms with Crippen molar-refractivity contribution in [3.8, 4) is 5.75 Å². The lowest BCUT2D eigenvalue weighted by atomic mass is 10.2. The topological polar surface area (TPSA) is 79.7 Å². The summed E-state index contributed by atoms with van der Waals surface area (Å²) in [6, 6.07) is 9.16. The first-order valence-corrected chi connectivity index (χ1v) is 9.65. The fraction of sp³-hybridized carbons (Fsp3) is 0.0556. The summed E-state index contributed by atoms with van der Waals surface area (Å²) in [7, 11) is 1.44. The van der Waals surface area contributed by atoms with Crippen LogP contribution in [0.15, 0.2) is 41.8 Å². The maximum absolute atomic E-state index is 13.3. The van der Waals surface area contributed by atoms with Crippen molar-refractivity contribution in [2.24, 2.45) is 0 Å². The van der Waals surface area contributed by atoms with Gasteiger partial charge in [0.2, 0.25) is 0 Å². The Labute approximate surface area is 178 Å². The second-order valence-electron chi connectivity index (χ2n) is 5.40. The summed E-state index contributed by atoms with van der Waals surface area (Å²) in [6.07, 6.45) is 0. The zero-order valence-electron chi connectivity index (χ0n) is 14.1. The molecule has 1 heterocycles. The van der Waals surface area contributed by atoms with Gasteiger partial charge in [0.05, 0.1) is 28.4 Å². The smallest absolute Gasteiger partial charge is 0.355 e. The molecule has 0 fully saturated rings. The van der Waals surface area contributed by atoms with Crippen LogP contribution in [0, 0.1) is 0 Å². The van der Waals surface area contributed by atoms with Crippen LogP contribution >= 0.6 is 46.1 Å². The van der Waals surface area contributed by atoms with Crippen molar-refractivity contribution < 1.29 is 19.4 Å². The third-order valence-electron chi connectivity index (χ3n) is 3.66. The van der Waals surface area contributed by atoms with Crippen molar-refractivity contribution in [3.05, 3.63) is 68.1 Å². The van der Waals surface area contributed by atoms with Gasteiger partial charge >= 0.3 is 5.97 Å². The van der Waals surface area contributed by atoms with Gasteiger partial charge in [-0.3, -0.25) is 9.69 Å². The summed E-state index contributed by atoms with van der Waals surface area (Å²) in [4.78, 5) is 29.8. The van der Waals surface area contributed by atoms with Gasteiger partial charge in [-0.05, 0) is 30.3 Å². The first kappa shape index (κ1) is 20.4.